The zero-order valence-electron chi connectivity index (χ0n) is 24.1. The van der Waals surface area contributed by atoms with E-state index in [1.165, 1.54) is 0 Å². The van der Waals surface area contributed by atoms with Gasteiger partial charge in [-0.1, -0.05) is 86.6 Å². The van der Waals surface area contributed by atoms with Gasteiger partial charge in [-0.3, -0.25) is 0 Å². The molecular weight excluding hydrogens is 468 g/mol. The average Bonchev–Trinajstić information content (AvgIpc) is 2.84. The van der Waals surface area contributed by atoms with E-state index in [2.05, 4.69) is 41.5 Å². The standard InChI is InChI=1S/2C11H14O2.C9H20O2/c2*1-11(2,3)9-6-4-8(5-7-9)10(12)13;1-4-7(8(10)5-2)9(11)6-3/h2*4-7H,1-3H3,(H,12,13);7-11H,4-6H2,1-3H3. The second-order valence-electron chi connectivity index (χ2n) is 11.3. The number of aliphatic hydroxyl groups is 2. The Kier molecular flexibility index (Phi) is 14.4. The van der Waals surface area contributed by atoms with Gasteiger partial charge in [0.15, 0.2) is 0 Å². The van der Waals surface area contributed by atoms with Gasteiger partial charge >= 0.3 is 11.9 Å². The van der Waals surface area contributed by atoms with Crippen molar-refractivity contribution in [1.29, 1.82) is 0 Å². The van der Waals surface area contributed by atoms with Crippen LogP contribution in [0.5, 0.6) is 0 Å². The second-order valence-corrected chi connectivity index (χ2v) is 11.3. The van der Waals surface area contributed by atoms with Crippen LogP contribution in [0, 0.1) is 5.92 Å². The molecule has 2 atom stereocenters. The molecule has 0 aliphatic rings. The summed E-state index contributed by atoms with van der Waals surface area (Å²) in [6.45, 7) is 18.5. The molecule has 0 saturated heterocycles. The highest BCUT2D eigenvalue weighted by atomic mass is 16.4. The summed E-state index contributed by atoms with van der Waals surface area (Å²) in [5.74, 6) is -1.69. The minimum absolute atomic E-state index is 0.0602. The molecule has 0 radical (unpaired) electrons. The van der Waals surface area contributed by atoms with E-state index < -0.39 is 11.9 Å². The molecule has 2 aromatic rings. The Morgan fingerprint density at radius 2 is 0.865 bits per heavy atom. The molecule has 37 heavy (non-hydrogen) atoms. The van der Waals surface area contributed by atoms with Crippen molar-refractivity contribution < 1.29 is 30.0 Å². The fourth-order valence-electron chi connectivity index (χ4n) is 3.63. The molecule has 0 amide bonds. The van der Waals surface area contributed by atoms with Gasteiger partial charge < -0.3 is 20.4 Å². The van der Waals surface area contributed by atoms with Crippen LogP contribution in [0.25, 0.3) is 0 Å². The Bertz CT molecular complexity index is 856. The fraction of sp³-hybridized carbons (Fsp3) is 0.548. The highest BCUT2D eigenvalue weighted by molar-refractivity contribution is 5.88. The van der Waals surface area contributed by atoms with E-state index in [1.807, 2.05) is 45.0 Å². The number of hydrogen-bond donors (Lipinski definition) is 4. The first-order valence-corrected chi connectivity index (χ1v) is 13.0. The normalized spacial score (nSPS) is 13.7. The molecule has 0 heterocycles. The first-order chi connectivity index (χ1) is 17.0. The van der Waals surface area contributed by atoms with Gasteiger partial charge in [0.2, 0.25) is 0 Å². The van der Waals surface area contributed by atoms with E-state index in [0.717, 1.165) is 30.4 Å². The van der Waals surface area contributed by atoms with Gasteiger partial charge in [-0.25, -0.2) is 9.59 Å². The lowest BCUT2D eigenvalue weighted by molar-refractivity contribution is 0.00713. The lowest BCUT2D eigenvalue weighted by Crippen LogP contribution is -2.30. The predicted octanol–water partition coefficient (Wildman–Crippen LogP) is 6.92. The molecule has 0 aliphatic carbocycles. The van der Waals surface area contributed by atoms with Gasteiger partial charge in [0, 0.05) is 5.92 Å². The number of aliphatic hydroxyl groups excluding tert-OH is 2. The van der Waals surface area contributed by atoms with E-state index in [1.54, 1.807) is 24.3 Å². The van der Waals surface area contributed by atoms with Crippen LogP contribution in [-0.2, 0) is 10.8 Å². The van der Waals surface area contributed by atoms with E-state index in [9.17, 15) is 19.8 Å². The molecule has 208 valence electrons. The van der Waals surface area contributed by atoms with Crippen molar-refractivity contribution in [3.63, 3.8) is 0 Å². The maximum atomic E-state index is 10.6. The number of carbonyl (C=O) groups is 2. The maximum absolute atomic E-state index is 10.6. The number of aromatic carboxylic acids is 2. The molecule has 0 aromatic heterocycles. The maximum Gasteiger partial charge on any atom is 0.335 e. The third-order valence-electron chi connectivity index (χ3n) is 6.29. The zero-order valence-corrected chi connectivity index (χ0v) is 24.1. The Labute approximate surface area is 223 Å². The van der Waals surface area contributed by atoms with Crippen LogP contribution in [0.3, 0.4) is 0 Å². The van der Waals surface area contributed by atoms with Gasteiger partial charge in [0.1, 0.15) is 0 Å². The van der Waals surface area contributed by atoms with Crippen LogP contribution in [0.15, 0.2) is 48.5 Å². The third-order valence-corrected chi connectivity index (χ3v) is 6.29. The number of rotatable bonds is 7. The fourth-order valence-corrected chi connectivity index (χ4v) is 3.63. The molecule has 6 heteroatoms. The summed E-state index contributed by atoms with van der Waals surface area (Å²) < 4.78 is 0. The molecule has 2 unspecified atom stereocenters. The van der Waals surface area contributed by atoms with Gasteiger partial charge in [-0.2, -0.15) is 0 Å². The van der Waals surface area contributed by atoms with Crippen LogP contribution in [0.2, 0.25) is 0 Å². The summed E-state index contributed by atoms with van der Waals surface area (Å²) in [6, 6.07) is 14.0. The Morgan fingerprint density at radius 3 is 1.03 bits per heavy atom. The van der Waals surface area contributed by atoms with Gasteiger partial charge in [0.05, 0.1) is 23.3 Å². The van der Waals surface area contributed by atoms with Crippen LogP contribution < -0.4 is 0 Å². The summed E-state index contributed by atoms with van der Waals surface area (Å²) in [7, 11) is 0. The Hall–Kier alpha value is -2.70. The quantitative estimate of drug-likeness (QED) is 0.317. The van der Waals surface area contributed by atoms with Crippen LogP contribution in [-0.4, -0.2) is 44.6 Å². The van der Waals surface area contributed by atoms with Crippen molar-refractivity contribution in [3.05, 3.63) is 70.8 Å². The number of benzene rings is 2. The SMILES string of the molecule is CC(C)(C)c1ccc(C(=O)O)cc1.CC(C)(C)c1ccc(C(=O)O)cc1.CCC(O)C(CC)C(O)CC. The van der Waals surface area contributed by atoms with E-state index >= 15 is 0 Å². The topological polar surface area (TPSA) is 115 Å². The predicted molar refractivity (Wildman–Crippen MR) is 151 cm³/mol. The van der Waals surface area contributed by atoms with E-state index in [-0.39, 0.29) is 29.0 Å². The van der Waals surface area contributed by atoms with Gasteiger partial charge in [-0.15, -0.1) is 0 Å². The number of carboxylic acid groups (broad SMARTS) is 2. The monoisotopic (exact) mass is 516 g/mol. The van der Waals surface area contributed by atoms with Crippen molar-refractivity contribution in [1.82, 2.24) is 0 Å². The zero-order chi connectivity index (χ0) is 29.0. The van der Waals surface area contributed by atoms with Crippen molar-refractivity contribution in [2.24, 2.45) is 5.92 Å². The molecule has 0 bridgehead atoms. The van der Waals surface area contributed by atoms with Crippen molar-refractivity contribution in [3.8, 4) is 0 Å². The lowest BCUT2D eigenvalue weighted by atomic mass is 9.87. The van der Waals surface area contributed by atoms with Crippen LogP contribution >= 0.6 is 0 Å². The molecule has 0 aliphatic heterocycles. The summed E-state index contributed by atoms with van der Waals surface area (Å²) in [6.07, 6.45) is 1.64. The minimum Gasteiger partial charge on any atom is -0.478 e. The molecular formula is C31H48O6. The molecule has 2 rings (SSSR count). The number of carboxylic acids is 2. The minimum atomic E-state index is -0.875. The first-order valence-electron chi connectivity index (χ1n) is 13.0. The lowest BCUT2D eigenvalue weighted by Gasteiger charge is -2.24. The van der Waals surface area contributed by atoms with E-state index in [0.29, 0.717) is 11.1 Å². The summed E-state index contributed by atoms with van der Waals surface area (Å²) in [5.41, 5.74) is 3.14. The molecule has 0 saturated carbocycles. The molecule has 0 fully saturated rings. The van der Waals surface area contributed by atoms with Crippen molar-refractivity contribution in [2.75, 3.05) is 0 Å². The number of hydrogen-bond acceptors (Lipinski definition) is 4. The van der Waals surface area contributed by atoms with Crippen molar-refractivity contribution in [2.45, 2.75) is 105 Å². The van der Waals surface area contributed by atoms with Gasteiger partial charge in [-0.05, 0) is 65.5 Å². The first kappa shape index (κ1) is 34.3. The largest absolute Gasteiger partial charge is 0.478 e. The average molecular weight is 517 g/mol. The van der Waals surface area contributed by atoms with Crippen molar-refractivity contribution >= 4 is 11.9 Å². The summed E-state index contributed by atoms with van der Waals surface area (Å²) in [4.78, 5) is 21.1. The highest BCUT2D eigenvalue weighted by Crippen LogP contribution is 2.23. The second kappa shape index (κ2) is 15.5. The summed E-state index contributed by atoms with van der Waals surface area (Å²) in [5, 5.41) is 36.3. The third kappa shape index (κ3) is 12.4. The smallest absolute Gasteiger partial charge is 0.335 e. The van der Waals surface area contributed by atoms with Gasteiger partial charge in [0.25, 0.3) is 0 Å². The van der Waals surface area contributed by atoms with E-state index in [4.69, 9.17) is 10.2 Å². The van der Waals surface area contributed by atoms with Crippen LogP contribution in [0.4, 0.5) is 0 Å². The Morgan fingerprint density at radius 1 is 0.595 bits per heavy atom. The molecule has 2 aromatic carbocycles. The van der Waals surface area contributed by atoms with Crippen LogP contribution in [0.1, 0.15) is 113 Å². The Balaban J connectivity index is 0.000000528. The highest BCUT2D eigenvalue weighted by Gasteiger charge is 2.22. The summed E-state index contributed by atoms with van der Waals surface area (Å²) >= 11 is 0. The molecule has 0 spiro atoms. The molecule has 6 nitrogen and oxygen atoms in total. The molecule has 4 N–H and O–H groups in total.